The third-order valence-electron chi connectivity index (χ3n) is 5.23. The lowest BCUT2D eigenvalue weighted by Gasteiger charge is -2.16. The maximum absolute atomic E-state index is 11.1. The van der Waals surface area contributed by atoms with Gasteiger partial charge in [-0.2, -0.15) is 5.10 Å². The minimum absolute atomic E-state index is 0.0536. The first-order valence-corrected chi connectivity index (χ1v) is 10.4. The monoisotopic (exact) mass is 424 g/mol. The SMILES string of the molecule is CC(=O)Nc1ccc(CN2CC[C@H](c3cc(COc4ccc(Cl)cc4)[nH]n3)C2)cc1. The molecule has 0 radical (unpaired) electrons. The standard InChI is InChI=1S/C23H25ClN4O2/c1-16(29)25-20-6-2-17(3-7-20)13-28-11-10-18(14-28)23-12-21(26-27-23)15-30-22-8-4-19(24)5-9-22/h2-9,12,18H,10-11,13-15H2,1H3,(H,25,29)(H,26,27)/t18-/m0/s1. The van der Waals surface area contributed by atoms with Crippen LogP contribution in [-0.4, -0.2) is 34.1 Å². The topological polar surface area (TPSA) is 70.2 Å². The van der Waals surface area contributed by atoms with Gasteiger partial charge in [-0.15, -0.1) is 0 Å². The van der Waals surface area contributed by atoms with Crippen molar-refractivity contribution in [1.29, 1.82) is 0 Å². The van der Waals surface area contributed by atoms with Crippen LogP contribution in [0.2, 0.25) is 5.02 Å². The molecule has 2 aromatic carbocycles. The maximum Gasteiger partial charge on any atom is 0.221 e. The summed E-state index contributed by atoms with van der Waals surface area (Å²) in [5, 5.41) is 11.1. The zero-order chi connectivity index (χ0) is 20.9. The average Bonchev–Trinajstić information content (AvgIpc) is 3.38. The van der Waals surface area contributed by atoms with Crippen LogP contribution in [0, 0.1) is 0 Å². The molecule has 7 heteroatoms. The first-order valence-electron chi connectivity index (χ1n) is 10.1. The molecule has 1 saturated heterocycles. The van der Waals surface area contributed by atoms with Crippen LogP contribution in [-0.2, 0) is 17.9 Å². The zero-order valence-electron chi connectivity index (χ0n) is 16.9. The van der Waals surface area contributed by atoms with Gasteiger partial charge >= 0.3 is 0 Å². The van der Waals surface area contributed by atoms with E-state index in [1.807, 2.05) is 36.4 Å². The van der Waals surface area contributed by atoms with E-state index in [4.69, 9.17) is 16.3 Å². The summed E-state index contributed by atoms with van der Waals surface area (Å²) in [4.78, 5) is 13.6. The smallest absolute Gasteiger partial charge is 0.221 e. The van der Waals surface area contributed by atoms with Crippen LogP contribution < -0.4 is 10.1 Å². The Morgan fingerprint density at radius 2 is 2.00 bits per heavy atom. The van der Waals surface area contributed by atoms with Crippen molar-refractivity contribution in [2.24, 2.45) is 0 Å². The first-order chi connectivity index (χ1) is 14.5. The predicted molar refractivity (Wildman–Crippen MR) is 118 cm³/mol. The van der Waals surface area contributed by atoms with Crippen molar-refractivity contribution in [3.8, 4) is 5.75 Å². The number of aromatic nitrogens is 2. The fourth-order valence-corrected chi connectivity index (χ4v) is 3.85. The van der Waals surface area contributed by atoms with Gasteiger partial charge in [-0.1, -0.05) is 23.7 Å². The van der Waals surface area contributed by atoms with E-state index in [9.17, 15) is 4.79 Å². The number of hydrogen-bond donors (Lipinski definition) is 2. The Morgan fingerprint density at radius 1 is 1.23 bits per heavy atom. The first kappa shape index (κ1) is 20.4. The summed E-state index contributed by atoms with van der Waals surface area (Å²) >= 11 is 5.90. The van der Waals surface area contributed by atoms with Gasteiger partial charge in [0.1, 0.15) is 12.4 Å². The van der Waals surface area contributed by atoms with E-state index in [1.165, 1.54) is 12.5 Å². The molecule has 1 amide bonds. The molecule has 1 fully saturated rings. The van der Waals surface area contributed by atoms with Crippen LogP contribution in [0.1, 0.15) is 36.2 Å². The number of ether oxygens (including phenoxy) is 1. The van der Waals surface area contributed by atoms with E-state index in [-0.39, 0.29) is 5.91 Å². The highest BCUT2D eigenvalue weighted by Crippen LogP contribution is 2.28. The number of nitrogens with one attached hydrogen (secondary N) is 2. The highest BCUT2D eigenvalue weighted by molar-refractivity contribution is 6.30. The van der Waals surface area contributed by atoms with Crippen LogP contribution in [0.25, 0.3) is 0 Å². The molecule has 0 bridgehead atoms. The number of halogens is 1. The van der Waals surface area contributed by atoms with Gasteiger partial charge in [0, 0.05) is 36.6 Å². The summed E-state index contributed by atoms with van der Waals surface area (Å²) in [5.74, 6) is 1.15. The van der Waals surface area contributed by atoms with Crippen molar-refractivity contribution in [3.05, 3.63) is 76.6 Å². The molecular weight excluding hydrogens is 400 g/mol. The number of amides is 1. The number of benzene rings is 2. The second-order valence-electron chi connectivity index (χ2n) is 7.66. The number of nitrogens with zero attached hydrogens (tertiary/aromatic N) is 2. The molecule has 1 atom stereocenters. The van der Waals surface area contributed by atoms with Crippen molar-refractivity contribution in [2.75, 3.05) is 18.4 Å². The third kappa shape index (κ3) is 5.40. The van der Waals surface area contributed by atoms with E-state index in [2.05, 4.69) is 38.6 Å². The summed E-state index contributed by atoms with van der Waals surface area (Å²) in [6.07, 6.45) is 1.09. The minimum Gasteiger partial charge on any atom is -0.487 e. The van der Waals surface area contributed by atoms with Gasteiger partial charge in [0.15, 0.2) is 0 Å². The molecule has 0 saturated carbocycles. The van der Waals surface area contributed by atoms with Gasteiger partial charge in [-0.25, -0.2) is 0 Å². The molecule has 4 rings (SSSR count). The van der Waals surface area contributed by atoms with Gasteiger partial charge in [-0.05, 0) is 61.0 Å². The molecule has 156 valence electrons. The normalized spacial score (nSPS) is 16.5. The van der Waals surface area contributed by atoms with Gasteiger partial charge in [0.2, 0.25) is 5.91 Å². The van der Waals surface area contributed by atoms with Gasteiger partial charge in [-0.3, -0.25) is 14.8 Å². The van der Waals surface area contributed by atoms with E-state index in [0.29, 0.717) is 17.5 Å². The molecule has 1 aliphatic heterocycles. The van der Waals surface area contributed by atoms with Crippen molar-refractivity contribution in [3.63, 3.8) is 0 Å². The summed E-state index contributed by atoms with van der Waals surface area (Å²) in [6.45, 7) is 4.89. The Bertz CT molecular complexity index is 985. The summed E-state index contributed by atoms with van der Waals surface area (Å²) < 4.78 is 5.79. The molecule has 2 heterocycles. The molecular formula is C23H25ClN4O2. The molecule has 2 N–H and O–H groups in total. The van der Waals surface area contributed by atoms with Crippen molar-refractivity contribution >= 4 is 23.2 Å². The van der Waals surface area contributed by atoms with E-state index in [0.717, 1.165) is 48.9 Å². The van der Waals surface area contributed by atoms with Crippen molar-refractivity contribution < 1.29 is 9.53 Å². The molecule has 30 heavy (non-hydrogen) atoms. The van der Waals surface area contributed by atoms with E-state index in [1.54, 1.807) is 0 Å². The summed E-state index contributed by atoms with van der Waals surface area (Å²) in [6, 6.07) is 17.5. The van der Waals surface area contributed by atoms with E-state index < -0.39 is 0 Å². The van der Waals surface area contributed by atoms with Gasteiger partial charge in [0.05, 0.1) is 11.4 Å². The number of rotatable bonds is 7. The Balaban J connectivity index is 1.28. The minimum atomic E-state index is -0.0536. The Kier molecular flexibility index (Phi) is 6.35. The van der Waals surface area contributed by atoms with Gasteiger partial charge in [0.25, 0.3) is 0 Å². The van der Waals surface area contributed by atoms with Crippen LogP contribution in [0.5, 0.6) is 5.75 Å². The number of carbonyl (C=O) groups excluding carboxylic acids is 1. The lowest BCUT2D eigenvalue weighted by atomic mass is 10.1. The summed E-state index contributed by atoms with van der Waals surface area (Å²) in [7, 11) is 0. The summed E-state index contributed by atoms with van der Waals surface area (Å²) in [5.41, 5.74) is 4.12. The molecule has 0 aliphatic carbocycles. The number of likely N-dealkylation sites (tertiary alicyclic amines) is 1. The average molecular weight is 425 g/mol. The molecule has 3 aromatic rings. The van der Waals surface area contributed by atoms with Crippen LogP contribution in [0.3, 0.4) is 0 Å². The van der Waals surface area contributed by atoms with Crippen molar-refractivity contribution in [2.45, 2.75) is 32.4 Å². The quantitative estimate of drug-likeness (QED) is 0.582. The number of hydrogen-bond acceptors (Lipinski definition) is 4. The Hall–Kier alpha value is -2.83. The third-order valence-corrected chi connectivity index (χ3v) is 5.48. The molecule has 0 spiro atoms. The fourth-order valence-electron chi connectivity index (χ4n) is 3.73. The number of H-pyrrole nitrogens is 1. The molecule has 6 nitrogen and oxygen atoms in total. The lowest BCUT2D eigenvalue weighted by molar-refractivity contribution is -0.114. The number of carbonyl (C=O) groups is 1. The predicted octanol–water partition coefficient (Wildman–Crippen LogP) is 4.59. The highest BCUT2D eigenvalue weighted by atomic mass is 35.5. The highest BCUT2D eigenvalue weighted by Gasteiger charge is 2.25. The van der Waals surface area contributed by atoms with Gasteiger partial charge < -0.3 is 10.1 Å². The Morgan fingerprint density at radius 3 is 2.73 bits per heavy atom. The molecule has 1 aromatic heterocycles. The van der Waals surface area contributed by atoms with Crippen molar-refractivity contribution in [1.82, 2.24) is 15.1 Å². The van der Waals surface area contributed by atoms with Crippen LogP contribution >= 0.6 is 11.6 Å². The van der Waals surface area contributed by atoms with E-state index >= 15 is 0 Å². The largest absolute Gasteiger partial charge is 0.487 e. The number of anilines is 1. The molecule has 0 unspecified atom stereocenters. The second-order valence-corrected chi connectivity index (χ2v) is 8.10. The fraction of sp³-hybridized carbons (Fsp3) is 0.304. The lowest BCUT2D eigenvalue weighted by Crippen LogP contribution is -2.19. The van der Waals surface area contributed by atoms with Crippen LogP contribution in [0.4, 0.5) is 5.69 Å². The maximum atomic E-state index is 11.1. The van der Waals surface area contributed by atoms with Crippen LogP contribution in [0.15, 0.2) is 54.6 Å². The number of aromatic amines is 1. The zero-order valence-corrected chi connectivity index (χ0v) is 17.7. The molecule has 1 aliphatic rings. The second kappa shape index (κ2) is 9.32. The Labute approximate surface area is 181 Å².